The van der Waals surface area contributed by atoms with E-state index >= 15 is 0 Å². The van der Waals surface area contributed by atoms with Crippen molar-refractivity contribution in [2.75, 3.05) is 0 Å². The number of carboxylic acid groups (broad SMARTS) is 1. The van der Waals surface area contributed by atoms with Gasteiger partial charge in [-0.05, 0) is 111 Å². The van der Waals surface area contributed by atoms with Gasteiger partial charge in [-0.3, -0.25) is 9.59 Å². The van der Waals surface area contributed by atoms with E-state index < -0.39 is 5.97 Å². The van der Waals surface area contributed by atoms with Gasteiger partial charge in [-0.1, -0.05) is 72.0 Å². The molecule has 0 bridgehead atoms. The van der Waals surface area contributed by atoms with Gasteiger partial charge < -0.3 is 10.4 Å². The molecule has 0 spiro atoms. The number of allylic oxidation sites excluding steroid dienone is 1. The van der Waals surface area contributed by atoms with Gasteiger partial charge in [-0.15, -0.1) is 0 Å². The molecule has 2 N–H and O–H groups in total. The van der Waals surface area contributed by atoms with Gasteiger partial charge in [-0.2, -0.15) is 0 Å². The highest BCUT2D eigenvalue weighted by Crippen LogP contribution is 2.67. The fourth-order valence-corrected chi connectivity index (χ4v) is 9.85. The molecular formula is C34H57NO3. The van der Waals surface area contributed by atoms with Gasteiger partial charge in [0.05, 0.1) is 0 Å². The lowest BCUT2D eigenvalue weighted by atomic mass is 9.47. The smallest absolute Gasteiger partial charge is 0.303 e. The second kappa shape index (κ2) is 12.5. The van der Waals surface area contributed by atoms with Crippen LogP contribution < -0.4 is 5.32 Å². The molecule has 4 heteroatoms. The fourth-order valence-electron chi connectivity index (χ4n) is 9.85. The molecule has 4 rings (SSSR count). The third-order valence-corrected chi connectivity index (χ3v) is 12.0. The average molecular weight is 528 g/mol. The van der Waals surface area contributed by atoms with Crippen LogP contribution in [-0.2, 0) is 9.59 Å². The maximum absolute atomic E-state index is 12.6. The predicted molar refractivity (Wildman–Crippen MR) is 156 cm³/mol. The third-order valence-electron chi connectivity index (χ3n) is 12.0. The van der Waals surface area contributed by atoms with Gasteiger partial charge in [0.25, 0.3) is 0 Å². The summed E-state index contributed by atoms with van der Waals surface area (Å²) in [5.74, 6) is 4.57. The fraction of sp³-hybridized carbons (Fsp3) is 0.882. The van der Waals surface area contributed by atoms with Crippen molar-refractivity contribution in [2.45, 2.75) is 143 Å². The molecule has 4 nitrogen and oxygen atoms in total. The Labute approximate surface area is 233 Å². The van der Waals surface area contributed by atoms with E-state index in [2.05, 4.69) is 46.0 Å². The zero-order chi connectivity index (χ0) is 27.5. The van der Waals surface area contributed by atoms with Crippen molar-refractivity contribution in [3.05, 3.63) is 11.6 Å². The second-order valence-electron chi connectivity index (χ2n) is 14.8. The Kier molecular flexibility index (Phi) is 9.73. The summed E-state index contributed by atoms with van der Waals surface area (Å²) >= 11 is 0. The molecule has 0 unspecified atom stereocenters. The molecule has 0 aromatic rings. The predicted octanol–water partition coefficient (Wildman–Crippen LogP) is 8.55. The average Bonchev–Trinajstić information content (AvgIpc) is 3.21. The number of carbonyl (C=O) groups excluding carboxylic acids is 1. The molecule has 3 fully saturated rings. The number of hydrogen-bond donors (Lipinski definition) is 2. The van der Waals surface area contributed by atoms with Crippen molar-refractivity contribution in [1.29, 1.82) is 0 Å². The topological polar surface area (TPSA) is 66.4 Å². The summed E-state index contributed by atoms with van der Waals surface area (Å²) in [6, 6.07) is 0.272. The molecule has 0 saturated heterocycles. The number of hydrogen-bond acceptors (Lipinski definition) is 2. The number of carbonyl (C=O) groups is 2. The molecular weight excluding hydrogens is 470 g/mol. The van der Waals surface area contributed by atoms with Crippen molar-refractivity contribution in [3.63, 3.8) is 0 Å². The quantitative estimate of drug-likeness (QED) is 0.197. The molecule has 8 atom stereocenters. The largest absolute Gasteiger partial charge is 0.481 e. The molecule has 0 heterocycles. The molecule has 4 aliphatic carbocycles. The van der Waals surface area contributed by atoms with Crippen LogP contribution >= 0.6 is 0 Å². The van der Waals surface area contributed by atoms with Crippen molar-refractivity contribution < 1.29 is 14.7 Å². The number of nitrogens with one attached hydrogen (secondary N) is 1. The van der Waals surface area contributed by atoms with E-state index in [1.54, 1.807) is 5.57 Å². The summed E-state index contributed by atoms with van der Waals surface area (Å²) in [6.07, 6.45) is 20.1. The van der Waals surface area contributed by atoms with E-state index in [0.29, 0.717) is 23.7 Å². The standard InChI is InChI=1S/C34H57NO3/c1-23(2)10-9-11-24(3)28-16-17-29-27-15-14-25-22-26(35-31(36)12-7-6-8-13-32(37)38)18-20-33(25,4)30(27)19-21-34(28,29)5/h14,23-24,26-30H,6-13,15-22H2,1-5H3,(H,35,36)(H,37,38)/t24-,26+,27+,28-,29+,30+,33+,34-/m1/s1. The molecule has 0 aliphatic heterocycles. The van der Waals surface area contributed by atoms with Gasteiger partial charge in [0.1, 0.15) is 0 Å². The minimum Gasteiger partial charge on any atom is -0.481 e. The Morgan fingerprint density at radius 1 is 0.947 bits per heavy atom. The Morgan fingerprint density at radius 3 is 2.45 bits per heavy atom. The lowest BCUT2D eigenvalue weighted by Crippen LogP contribution is -2.52. The first-order valence-electron chi connectivity index (χ1n) is 16.2. The van der Waals surface area contributed by atoms with Crippen LogP contribution in [0.2, 0.25) is 0 Å². The van der Waals surface area contributed by atoms with Gasteiger partial charge in [-0.25, -0.2) is 0 Å². The van der Waals surface area contributed by atoms with E-state index in [1.807, 2.05) is 0 Å². The molecule has 1 amide bonds. The minimum absolute atomic E-state index is 0.149. The van der Waals surface area contributed by atoms with Crippen molar-refractivity contribution in [3.8, 4) is 0 Å². The number of fused-ring (bicyclic) bond motifs is 5. The van der Waals surface area contributed by atoms with E-state index in [1.165, 1.54) is 57.8 Å². The van der Waals surface area contributed by atoms with Gasteiger partial charge in [0.15, 0.2) is 0 Å². The van der Waals surface area contributed by atoms with E-state index in [-0.39, 0.29) is 18.4 Å². The van der Waals surface area contributed by atoms with E-state index in [4.69, 9.17) is 5.11 Å². The SMILES string of the molecule is CC(C)CCC[C@@H](C)[C@H]1CC[C@H]2[C@@H]3CC=C4C[C@@H](NC(=O)CCCCCC(=O)O)CC[C@]4(C)[C@H]3CC[C@]12C. The lowest BCUT2D eigenvalue weighted by molar-refractivity contribution is -0.137. The number of rotatable bonds is 12. The molecule has 216 valence electrons. The molecule has 0 aromatic heterocycles. The Balaban J connectivity index is 1.32. The summed E-state index contributed by atoms with van der Waals surface area (Å²) < 4.78 is 0. The van der Waals surface area contributed by atoms with Crippen molar-refractivity contribution >= 4 is 11.9 Å². The van der Waals surface area contributed by atoms with Crippen LogP contribution in [0.1, 0.15) is 137 Å². The first-order valence-corrected chi connectivity index (χ1v) is 16.2. The maximum Gasteiger partial charge on any atom is 0.303 e. The maximum atomic E-state index is 12.6. The number of amides is 1. The lowest BCUT2D eigenvalue weighted by Gasteiger charge is -2.58. The zero-order valence-corrected chi connectivity index (χ0v) is 25.2. The number of unbranched alkanes of at least 4 members (excludes halogenated alkanes) is 2. The van der Waals surface area contributed by atoms with Crippen LogP contribution in [0.5, 0.6) is 0 Å². The molecule has 0 radical (unpaired) electrons. The Morgan fingerprint density at radius 2 is 1.71 bits per heavy atom. The van der Waals surface area contributed by atoms with Crippen molar-refractivity contribution in [1.82, 2.24) is 5.32 Å². The van der Waals surface area contributed by atoms with Crippen LogP contribution in [0.15, 0.2) is 11.6 Å². The first-order chi connectivity index (χ1) is 18.0. The highest BCUT2D eigenvalue weighted by molar-refractivity contribution is 5.76. The van der Waals surface area contributed by atoms with Crippen LogP contribution in [0.25, 0.3) is 0 Å². The third kappa shape index (κ3) is 6.35. The number of carboxylic acids is 1. The van der Waals surface area contributed by atoms with Gasteiger partial charge in [0.2, 0.25) is 5.91 Å². The monoisotopic (exact) mass is 527 g/mol. The Bertz CT molecular complexity index is 864. The van der Waals surface area contributed by atoms with Crippen molar-refractivity contribution in [2.24, 2.45) is 46.3 Å². The van der Waals surface area contributed by atoms with E-state index in [9.17, 15) is 9.59 Å². The second-order valence-corrected chi connectivity index (χ2v) is 14.8. The molecule has 38 heavy (non-hydrogen) atoms. The summed E-state index contributed by atoms with van der Waals surface area (Å²) in [5.41, 5.74) is 2.50. The minimum atomic E-state index is -0.746. The summed E-state index contributed by atoms with van der Waals surface area (Å²) in [7, 11) is 0. The van der Waals surface area contributed by atoms with Gasteiger partial charge >= 0.3 is 5.97 Å². The van der Waals surface area contributed by atoms with Gasteiger partial charge in [0, 0.05) is 18.9 Å². The summed E-state index contributed by atoms with van der Waals surface area (Å²) in [4.78, 5) is 23.2. The highest BCUT2D eigenvalue weighted by atomic mass is 16.4. The normalized spacial score (nSPS) is 37.1. The zero-order valence-electron chi connectivity index (χ0n) is 25.2. The van der Waals surface area contributed by atoms with Crippen LogP contribution in [0.3, 0.4) is 0 Å². The van der Waals surface area contributed by atoms with Crippen LogP contribution in [0.4, 0.5) is 0 Å². The highest BCUT2D eigenvalue weighted by Gasteiger charge is 2.59. The molecule has 0 aromatic carbocycles. The number of aliphatic carboxylic acids is 1. The molecule has 3 saturated carbocycles. The first kappa shape index (κ1) is 29.7. The molecule has 4 aliphatic rings. The summed E-state index contributed by atoms with van der Waals surface area (Å²) in [5, 5.41) is 12.1. The Hall–Kier alpha value is -1.32. The van der Waals surface area contributed by atoms with Crippen LogP contribution in [0, 0.1) is 46.3 Å². The summed E-state index contributed by atoms with van der Waals surface area (Å²) in [6.45, 7) is 12.5. The van der Waals surface area contributed by atoms with Crippen LogP contribution in [-0.4, -0.2) is 23.0 Å². The van der Waals surface area contributed by atoms with E-state index in [0.717, 1.165) is 61.2 Å².